The van der Waals surface area contributed by atoms with Crippen molar-refractivity contribution >= 4 is 29.1 Å². The molecule has 5 rings (SSSR count). The monoisotopic (exact) mass is 563 g/mol. The van der Waals surface area contributed by atoms with Crippen LogP contribution in [0.2, 0.25) is 0 Å². The Balaban J connectivity index is 0.00000189. The molecule has 0 radical (unpaired) electrons. The fourth-order valence-electron chi connectivity index (χ4n) is 4.69. The number of aromatic nitrogens is 4. The summed E-state index contributed by atoms with van der Waals surface area (Å²) in [6, 6.07) is 3.60. The van der Waals surface area contributed by atoms with Gasteiger partial charge in [0.05, 0.1) is 36.4 Å². The third kappa shape index (κ3) is 6.84. The van der Waals surface area contributed by atoms with E-state index in [1.807, 2.05) is 53.8 Å². The summed E-state index contributed by atoms with van der Waals surface area (Å²) in [5, 5.41) is 13.5. The van der Waals surface area contributed by atoms with Crippen molar-refractivity contribution in [1.82, 2.24) is 19.9 Å². The fraction of sp³-hybridized carbons (Fsp3) is 0.500. The van der Waals surface area contributed by atoms with E-state index in [0.717, 1.165) is 41.2 Å². The molecule has 5 heterocycles. The van der Waals surface area contributed by atoms with Gasteiger partial charge in [-0.15, -0.1) is 0 Å². The number of hydrogen-bond donors (Lipinski definition) is 2. The lowest BCUT2D eigenvalue weighted by Crippen LogP contribution is -2.42. The van der Waals surface area contributed by atoms with Crippen molar-refractivity contribution < 1.29 is 19.4 Å². The number of amides is 1. The number of carbonyl (C=O) groups excluding carboxylic acids is 1. The molecule has 0 fully saturated rings. The molecular weight excluding hydrogens is 522 g/mol. The summed E-state index contributed by atoms with van der Waals surface area (Å²) in [7, 11) is 0. The van der Waals surface area contributed by atoms with Gasteiger partial charge in [0.1, 0.15) is 23.5 Å². The minimum Gasteiger partial charge on any atom is -0.474 e. The molecule has 220 valence electrons. The van der Waals surface area contributed by atoms with E-state index in [4.69, 9.17) is 14.5 Å². The average Bonchev–Trinajstić information content (AvgIpc) is 2.92. The highest BCUT2D eigenvalue weighted by Crippen LogP contribution is 2.39. The number of carbonyl (C=O) groups is 1. The van der Waals surface area contributed by atoms with Gasteiger partial charge in [0, 0.05) is 30.2 Å². The number of pyridine rings is 2. The van der Waals surface area contributed by atoms with Crippen molar-refractivity contribution in [3.8, 4) is 5.88 Å². The lowest BCUT2D eigenvalue weighted by Gasteiger charge is -2.35. The summed E-state index contributed by atoms with van der Waals surface area (Å²) in [6.45, 7) is 17.0. The predicted molar refractivity (Wildman–Crippen MR) is 159 cm³/mol. The predicted octanol–water partition coefficient (Wildman–Crippen LogP) is 5.27. The Hall–Kier alpha value is -3.99. The van der Waals surface area contributed by atoms with Gasteiger partial charge in [0.2, 0.25) is 11.8 Å². The van der Waals surface area contributed by atoms with Crippen LogP contribution in [-0.4, -0.2) is 56.4 Å². The maximum atomic E-state index is 13.0. The molecule has 0 bridgehead atoms. The van der Waals surface area contributed by atoms with Gasteiger partial charge < -0.3 is 24.8 Å². The van der Waals surface area contributed by atoms with Gasteiger partial charge >= 0.3 is 6.09 Å². The SMILES string of the molecule is CC.Cc1c(N2CCc3cnc(Nc4ccnc(C(C)(C)O)c4)nc3C2)cnc2c1N(C(=O)OC(C)(C)C)CCO2. The Bertz CT molecular complexity index is 1400. The zero-order valence-corrected chi connectivity index (χ0v) is 25.3. The first kappa shape index (κ1) is 30.0. The Morgan fingerprint density at radius 1 is 1.10 bits per heavy atom. The maximum absolute atomic E-state index is 13.0. The third-order valence-electron chi connectivity index (χ3n) is 6.61. The molecule has 3 aromatic heterocycles. The number of anilines is 4. The second-order valence-corrected chi connectivity index (χ2v) is 11.4. The standard InChI is InChI=1S/C28H35N7O4.C2H6/c1-17-21(15-30-24-23(17)35(11-12-38-24)26(36)39-27(2,3)4)34-10-8-18-14-31-25(33-20(18)16-34)32-19-7-9-29-22(13-19)28(5,6)37;1-2/h7,9,13-15,37H,8,10-12,16H2,1-6H3,(H,29,31,32,33);1-2H3. The van der Waals surface area contributed by atoms with Gasteiger partial charge in [-0.25, -0.2) is 19.7 Å². The van der Waals surface area contributed by atoms with E-state index >= 15 is 0 Å². The Morgan fingerprint density at radius 2 is 1.85 bits per heavy atom. The van der Waals surface area contributed by atoms with E-state index in [0.29, 0.717) is 42.9 Å². The van der Waals surface area contributed by atoms with Gasteiger partial charge in [-0.1, -0.05) is 13.8 Å². The van der Waals surface area contributed by atoms with Crippen LogP contribution in [0.3, 0.4) is 0 Å². The number of nitrogens with one attached hydrogen (secondary N) is 1. The highest BCUT2D eigenvalue weighted by atomic mass is 16.6. The molecule has 41 heavy (non-hydrogen) atoms. The molecule has 0 saturated heterocycles. The van der Waals surface area contributed by atoms with Crippen molar-refractivity contribution in [2.75, 3.05) is 34.8 Å². The summed E-state index contributed by atoms with van der Waals surface area (Å²) >= 11 is 0. The van der Waals surface area contributed by atoms with Crippen molar-refractivity contribution in [2.45, 2.75) is 79.6 Å². The third-order valence-corrected chi connectivity index (χ3v) is 6.61. The molecule has 0 aromatic carbocycles. The Kier molecular flexibility index (Phi) is 8.67. The highest BCUT2D eigenvalue weighted by Gasteiger charge is 2.33. The van der Waals surface area contributed by atoms with Crippen LogP contribution in [0.4, 0.5) is 27.8 Å². The minimum atomic E-state index is -1.06. The number of rotatable bonds is 4. The summed E-state index contributed by atoms with van der Waals surface area (Å²) in [5.41, 5.74) is 4.08. The summed E-state index contributed by atoms with van der Waals surface area (Å²) in [6.07, 6.45) is 5.66. The highest BCUT2D eigenvalue weighted by molar-refractivity contribution is 5.92. The average molecular weight is 564 g/mol. The fourth-order valence-corrected chi connectivity index (χ4v) is 4.69. The normalized spacial score (nSPS) is 14.7. The number of hydrogen-bond acceptors (Lipinski definition) is 10. The summed E-state index contributed by atoms with van der Waals surface area (Å²) in [5.74, 6) is 0.899. The summed E-state index contributed by atoms with van der Waals surface area (Å²) < 4.78 is 11.4. The molecule has 1 amide bonds. The van der Waals surface area contributed by atoms with Crippen molar-refractivity contribution in [3.05, 3.63) is 53.2 Å². The smallest absolute Gasteiger partial charge is 0.415 e. The van der Waals surface area contributed by atoms with E-state index in [9.17, 15) is 9.90 Å². The second kappa shape index (κ2) is 11.9. The van der Waals surface area contributed by atoms with Crippen LogP contribution in [0.1, 0.15) is 71.0 Å². The molecule has 3 aromatic rings. The van der Waals surface area contributed by atoms with Crippen LogP contribution in [-0.2, 0) is 23.3 Å². The van der Waals surface area contributed by atoms with Gasteiger partial charge in [-0.3, -0.25) is 9.88 Å². The topological polar surface area (TPSA) is 126 Å². The second-order valence-electron chi connectivity index (χ2n) is 11.4. The van der Waals surface area contributed by atoms with Crippen LogP contribution in [0.25, 0.3) is 0 Å². The van der Waals surface area contributed by atoms with Crippen LogP contribution < -0.4 is 19.9 Å². The first-order chi connectivity index (χ1) is 19.4. The number of aliphatic hydroxyl groups is 1. The van der Waals surface area contributed by atoms with E-state index in [-0.39, 0.29) is 0 Å². The molecule has 2 aliphatic rings. The molecule has 2 N–H and O–H groups in total. The molecule has 11 heteroatoms. The first-order valence-electron chi connectivity index (χ1n) is 14.1. The molecule has 2 aliphatic heterocycles. The minimum absolute atomic E-state index is 0.358. The molecule has 0 saturated carbocycles. The van der Waals surface area contributed by atoms with Crippen LogP contribution in [0.5, 0.6) is 5.88 Å². The molecule has 0 unspecified atom stereocenters. The van der Waals surface area contributed by atoms with E-state index in [2.05, 4.69) is 25.2 Å². The number of nitrogens with zero attached hydrogens (tertiary/aromatic N) is 6. The maximum Gasteiger partial charge on any atom is 0.415 e. The lowest BCUT2D eigenvalue weighted by molar-refractivity contribution is 0.0566. The molecule has 11 nitrogen and oxygen atoms in total. The van der Waals surface area contributed by atoms with Crippen molar-refractivity contribution in [2.24, 2.45) is 0 Å². The Labute approximate surface area is 242 Å². The zero-order chi connectivity index (χ0) is 29.9. The van der Waals surface area contributed by atoms with Gasteiger partial charge in [0.15, 0.2) is 0 Å². The molecule has 0 spiro atoms. The first-order valence-corrected chi connectivity index (χ1v) is 14.1. The summed E-state index contributed by atoms with van der Waals surface area (Å²) in [4.78, 5) is 34.9. The van der Waals surface area contributed by atoms with E-state index in [1.54, 1.807) is 37.2 Å². The number of ether oxygens (including phenoxy) is 2. The van der Waals surface area contributed by atoms with Crippen LogP contribution in [0.15, 0.2) is 30.7 Å². The lowest BCUT2D eigenvalue weighted by atomic mass is 10.0. The van der Waals surface area contributed by atoms with Crippen molar-refractivity contribution in [3.63, 3.8) is 0 Å². The van der Waals surface area contributed by atoms with E-state index < -0.39 is 17.3 Å². The van der Waals surface area contributed by atoms with Gasteiger partial charge in [0.25, 0.3) is 0 Å². The van der Waals surface area contributed by atoms with Crippen molar-refractivity contribution in [1.29, 1.82) is 0 Å². The number of fused-ring (bicyclic) bond motifs is 2. The largest absolute Gasteiger partial charge is 0.474 e. The quantitative estimate of drug-likeness (QED) is 0.434. The van der Waals surface area contributed by atoms with Crippen LogP contribution >= 0.6 is 0 Å². The van der Waals surface area contributed by atoms with Crippen LogP contribution in [0, 0.1) is 6.92 Å². The molecule has 0 atom stereocenters. The molecule has 0 aliphatic carbocycles. The van der Waals surface area contributed by atoms with Gasteiger partial charge in [-0.2, -0.15) is 0 Å². The zero-order valence-electron chi connectivity index (χ0n) is 25.3. The Morgan fingerprint density at radius 3 is 2.56 bits per heavy atom. The molecular formula is C30H41N7O4. The van der Waals surface area contributed by atoms with E-state index in [1.165, 1.54) is 0 Å². The van der Waals surface area contributed by atoms with Gasteiger partial charge in [-0.05, 0) is 65.7 Å².